The SMILES string of the molecule is C=CCn1c(C)cc(=O)c(O)c1CN1CCCC1. The van der Waals surface area contributed by atoms with E-state index in [1.807, 2.05) is 11.5 Å². The highest BCUT2D eigenvalue weighted by Gasteiger charge is 2.18. The number of aromatic nitrogens is 1. The Kier molecular flexibility index (Phi) is 3.87. The second kappa shape index (κ2) is 5.40. The molecule has 0 aliphatic carbocycles. The number of rotatable bonds is 4. The van der Waals surface area contributed by atoms with Gasteiger partial charge >= 0.3 is 0 Å². The zero-order chi connectivity index (χ0) is 13.1. The minimum atomic E-state index is -0.290. The topological polar surface area (TPSA) is 45.5 Å². The van der Waals surface area contributed by atoms with E-state index in [2.05, 4.69) is 11.5 Å². The first-order valence-corrected chi connectivity index (χ1v) is 6.39. The number of likely N-dealkylation sites (tertiary alicyclic amines) is 1. The second-order valence-electron chi connectivity index (χ2n) is 4.83. The molecule has 4 nitrogen and oxygen atoms in total. The second-order valence-corrected chi connectivity index (χ2v) is 4.83. The highest BCUT2D eigenvalue weighted by atomic mass is 16.3. The van der Waals surface area contributed by atoms with Crippen molar-refractivity contribution in [1.82, 2.24) is 9.47 Å². The Morgan fingerprint density at radius 3 is 2.72 bits per heavy atom. The summed E-state index contributed by atoms with van der Waals surface area (Å²) < 4.78 is 1.96. The molecule has 1 aromatic heterocycles. The molecule has 2 rings (SSSR count). The van der Waals surface area contributed by atoms with Crippen molar-refractivity contribution in [2.75, 3.05) is 13.1 Å². The highest BCUT2D eigenvalue weighted by Crippen LogP contribution is 2.19. The fourth-order valence-corrected chi connectivity index (χ4v) is 2.51. The molecule has 1 aliphatic rings. The van der Waals surface area contributed by atoms with E-state index < -0.39 is 0 Å². The third kappa shape index (κ3) is 2.48. The van der Waals surface area contributed by atoms with E-state index in [-0.39, 0.29) is 11.2 Å². The van der Waals surface area contributed by atoms with E-state index in [9.17, 15) is 9.90 Å². The monoisotopic (exact) mass is 248 g/mol. The molecule has 4 heteroatoms. The lowest BCUT2D eigenvalue weighted by Crippen LogP contribution is -2.24. The van der Waals surface area contributed by atoms with Crippen molar-refractivity contribution in [2.24, 2.45) is 0 Å². The van der Waals surface area contributed by atoms with Gasteiger partial charge in [-0.1, -0.05) is 6.08 Å². The van der Waals surface area contributed by atoms with Gasteiger partial charge in [0.05, 0.1) is 5.69 Å². The number of nitrogens with zero attached hydrogens (tertiary/aromatic N) is 2. The average Bonchev–Trinajstić information content (AvgIpc) is 2.83. The smallest absolute Gasteiger partial charge is 0.223 e. The summed E-state index contributed by atoms with van der Waals surface area (Å²) in [5, 5.41) is 10.00. The highest BCUT2D eigenvalue weighted by molar-refractivity contribution is 5.30. The van der Waals surface area contributed by atoms with E-state index in [1.54, 1.807) is 6.08 Å². The molecule has 0 radical (unpaired) electrons. The number of allylic oxidation sites excluding steroid dienone is 1. The molecule has 0 bridgehead atoms. The van der Waals surface area contributed by atoms with E-state index in [0.717, 1.165) is 18.8 Å². The summed E-state index contributed by atoms with van der Waals surface area (Å²) >= 11 is 0. The van der Waals surface area contributed by atoms with Crippen LogP contribution >= 0.6 is 0 Å². The first-order chi connectivity index (χ1) is 8.63. The summed E-state index contributed by atoms with van der Waals surface area (Å²) in [6.45, 7) is 8.94. The number of hydrogen-bond donors (Lipinski definition) is 1. The summed E-state index contributed by atoms with van der Waals surface area (Å²) in [5.74, 6) is -0.116. The Balaban J connectivity index is 2.40. The molecule has 0 spiro atoms. The molecular weight excluding hydrogens is 228 g/mol. The van der Waals surface area contributed by atoms with Crippen molar-refractivity contribution in [1.29, 1.82) is 0 Å². The molecule has 2 heterocycles. The van der Waals surface area contributed by atoms with Crippen LogP contribution in [0.2, 0.25) is 0 Å². The van der Waals surface area contributed by atoms with Crippen molar-refractivity contribution in [3.05, 3.63) is 40.3 Å². The van der Waals surface area contributed by atoms with Gasteiger partial charge in [0.2, 0.25) is 5.43 Å². The van der Waals surface area contributed by atoms with Gasteiger partial charge < -0.3 is 9.67 Å². The van der Waals surface area contributed by atoms with Gasteiger partial charge in [0.25, 0.3) is 0 Å². The van der Waals surface area contributed by atoms with Gasteiger partial charge in [-0.2, -0.15) is 0 Å². The molecule has 1 aromatic rings. The molecule has 18 heavy (non-hydrogen) atoms. The van der Waals surface area contributed by atoms with Crippen molar-refractivity contribution >= 4 is 0 Å². The van der Waals surface area contributed by atoms with Gasteiger partial charge in [0, 0.05) is 24.8 Å². The molecule has 1 aliphatic heterocycles. The summed E-state index contributed by atoms with van der Waals surface area (Å²) in [4.78, 5) is 14.0. The minimum Gasteiger partial charge on any atom is -0.503 e. The molecule has 1 saturated heterocycles. The predicted molar refractivity (Wildman–Crippen MR) is 71.8 cm³/mol. The quantitative estimate of drug-likeness (QED) is 0.824. The van der Waals surface area contributed by atoms with Crippen LogP contribution in [0.4, 0.5) is 0 Å². The Labute approximate surface area is 107 Å². The Morgan fingerprint density at radius 1 is 1.44 bits per heavy atom. The number of pyridine rings is 1. The molecule has 98 valence electrons. The third-order valence-corrected chi connectivity index (χ3v) is 3.48. The molecule has 1 N–H and O–H groups in total. The standard InChI is InChI=1S/C14H20N2O2/c1-3-6-16-11(2)9-13(17)14(18)12(16)10-15-7-4-5-8-15/h3,9,18H,1,4-8,10H2,2H3. The van der Waals surface area contributed by atoms with Crippen molar-refractivity contribution in [2.45, 2.75) is 32.9 Å². The van der Waals surface area contributed by atoms with Crippen LogP contribution in [-0.4, -0.2) is 27.7 Å². The van der Waals surface area contributed by atoms with E-state index in [0.29, 0.717) is 18.8 Å². The lowest BCUT2D eigenvalue weighted by atomic mass is 10.2. The molecule has 0 atom stereocenters. The average molecular weight is 248 g/mol. The van der Waals surface area contributed by atoms with Crippen LogP contribution < -0.4 is 5.43 Å². The third-order valence-electron chi connectivity index (χ3n) is 3.48. The summed E-state index contributed by atoms with van der Waals surface area (Å²) in [6.07, 6.45) is 4.17. The first kappa shape index (κ1) is 12.9. The largest absolute Gasteiger partial charge is 0.503 e. The number of aromatic hydroxyl groups is 1. The minimum absolute atomic E-state index is 0.116. The normalized spacial score (nSPS) is 16.1. The zero-order valence-electron chi connectivity index (χ0n) is 10.9. The maximum Gasteiger partial charge on any atom is 0.223 e. The molecular formula is C14H20N2O2. The molecule has 0 unspecified atom stereocenters. The van der Waals surface area contributed by atoms with Crippen LogP contribution in [0.3, 0.4) is 0 Å². The van der Waals surface area contributed by atoms with Crippen LogP contribution in [-0.2, 0) is 13.1 Å². The molecule has 0 amide bonds. The number of hydrogen-bond acceptors (Lipinski definition) is 3. The van der Waals surface area contributed by atoms with Crippen LogP contribution in [0.25, 0.3) is 0 Å². The summed E-state index contributed by atoms with van der Waals surface area (Å²) in [6, 6.07) is 1.48. The molecule has 1 fully saturated rings. The predicted octanol–water partition coefficient (Wildman–Crippen LogP) is 1.64. The molecule has 0 saturated carbocycles. The van der Waals surface area contributed by atoms with Crippen LogP contribution in [0, 0.1) is 6.92 Å². The lowest BCUT2D eigenvalue weighted by Gasteiger charge is -2.21. The molecule has 0 aromatic carbocycles. The van der Waals surface area contributed by atoms with Gasteiger partial charge in [-0.3, -0.25) is 9.69 Å². The van der Waals surface area contributed by atoms with Crippen molar-refractivity contribution < 1.29 is 5.11 Å². The van der Waals surface area contributed by atoms with Gasteiger partial charge in [-0.25, -0.2) is 0 Å². The van der Waals surface area contributed by atoms with Gasteiger partial charge in [-0.15, -0.1) is 6.58 Å². The van der Waals surface area contributed by atoms with Crippen LogP contribution in [0.1, 0.15) is 24.2 Å². The number of aryl methyl sites for hydroxylation is 1. The van der Waals surface area contributed by atoms with E-state index in [4.69, 9.17) is 0 Å². The maximum absolute atomic E-state index is 11.7. The van der Waals surface area contributed by atoms with Crippen LogP contribution in [0.5, 0.6) is 5.75 Å². The van der Waals surface area contributed by atoms with Crippen molar-refractivity contribution in [3.63, 3.8) is 0 Å². The van der Waals surface area contributed by atoms with E-state index in [1.165, 1.54) is 18.9 Å². The van der Waals surface area contributed by atoms with Gasteiger partial charge in [-0.05, 0) is 32.9 Å². The zero-order valence-corrected chi connectivity index (χ0v) is 10.9. The first-order valence-electron chi connectivity index (χ1n) is 6.39. The van der Waals surface area contributed by atoms with E-state index >= 15 is 0 Å². The van der Waals surface area contributed by atoms with Gasteiger partial charge in [0.1, 0.15) is 0 Å². The van der Waals surface area contributed by atoms with Crippen molar-refractivity contribution in [3.8, 4) is 5.75 Å². The lowest BCUT2D eigenvalue weighted by molar-refractivity contribution is 0.310. The van der Waals surface area contributed by atoms with Gasteiger partial charge in [0.15, 0.2) is 5.75 Å². The van der Waals surface area contributed by atoms with Crippen LogP contribution in [0.15, 0.2) is 23.5 Å². The Morgan fingerprint density at radius 2 is 2.11 bits per heavy atom. The summed E-state index contributed by atoms with van der Waals surface area (Å²) in [5.41, 5.74) is 1.29. The fraction of sp³-hybridized carbons (Fsp3) is 0.500. The fourth-order valence-electron chi connectivity index (χ4n) is 2.51. The Hall–Kier alpha value is -1.55. The Bertz CT molecular complexity index is 499. The maximum atomic E-state index is 11.7. The summed E-state index contributed by atoms with van der Waals surface area (Å²) in [7, 11) is 0.